The maximum Gasteiger partial charge on any atom is 0.336 e. The number of anilines is 1. The molecular weight excluding hydrogens is 399 g/mol. The van der Waals surface area contributed by atoms with E-state index in [-0.39, 0.29) is 31.4 Å². The number of benzene rings is 2. The fraction of sp³-hybridized carbons (Fsp3) is 0.292. The molecule has 2 amide bonds. The number of carbonyl (C=O) groups is 3. The Morgan fingerprint density at radius 3 is 2.35 bits per heavy atom. The molecule has 0 aliphatic carbocycles. The van der Waals surface area contributed by atoms with Crippen LogP contribution in [0, 0.1) is 12.7 Å². The van der Waals surface area contributed by atoms with Gasteiger partial charge in [-0.2, -0.15) is 0 Å². The zero-order valence-corrected chi connectivity index (χ0v) is 17.8. The van der Waals surface area contributed by atoms with Crippen LogP contribution >= 0.6 is 0 Å². The number of ether oxygens (including phenoxy) is 1. The SMILES string of the molecule is CCOC(=O)C1=C(C)N(CC(=O)Nc2ccc(C)cc2)C(=O)CC1c1ccc(F)cc1. The molecule has 0 aromatic heterocycles. The first-order valence-corrected chi connectivity index (χ1v) is 10.1. The van der Waals surface area contributed by atoms with E-state index in [0.29, 0.717) is 22.5 Å². The van der Waals surface area contributed by atoms with E-state index in [9.17, 15) is 18.8 Å². The lowest BCUT2D eigenvalue weighted by molar-refractivity contribution is -0.140. The minimum atomic E-state index is -0.566. The summed E-state index contributed by atoms with van der Waals surface area (Å²) < 4.78 is 18.6. The normalized spacial score (nSPS) is 16.3. The van der Waals surface area contributed by atoms with Crippen LogP contribution in [0.4, 0.5) is 10.1 Å². The van der Waals surface area contributed by atoms with Crippen molar-refractivity contribution in [2.45, 2.75) is 33.1 Å². The Morgan fingerprint density at radius 1 is 1.10 bits per heavy atom. The van der Waals surface area contributed by atoms with Gasteiger partial charge in [-0.25, -0.2) is 9.18 Å². The number of nitrogens with one attached hydrogen (secondary N) is 1. The molecule has 162 valence electrons. The molecule has 0 bridgehead atoms. The Bertz CT molecular complexity index is 1010. The molecule has 1 atom stereocenters. The van der Waals surface area contributed by atoms with Crippen LogP contribution in [0.1, 0.15) is 37.3 Å². The number of aryl methyl sites for hydroxylation is 1. The van der Waals surface area contributed by atoms with Crippen molar-refractivity contribution in [3.63, 3.8) is 0 Å². The number of rotatable bonds is 6. The summed E-state index contributed by atoms with van der Waals surface area (Å²) in [5.74, 6) is -2.19. The summed E-state index contributed by atoms with van der Waals surface area (Å²) in [5.41, 5.74) is 2.99. The Hall–Kier alpha value is -3.48. The average molecular weight is 424 g/mol. The summed E-state index contributed by atoms with van der Waals surface area (Å²) in [6, 6.07) is 13.0. The Kier molecular flexibility index (Phi) is 6.84. The van der Waals surface area contributed by atoms with E-state index in [1.54, 1.807) is 38.1 Å². The standard InChI is InChI=1S/C24H25FN2O4/c1-4-31-24(30)23-16(3)27(14-21(28)26-19-11-5-15(2)6-12-19)22(29)13-20(23)17-7-9-18(25)10-8-17/h5-12,20H,4,13-14H2,1-3H3,(H,26,28). The Morgan fingerprint density at radius 2 is 1.74 bits per heavy atom. The average Bonchev–Trinajstić information content (AvgIpc) is 2.73. The first kappa shape index (κ1) is 22.2. The summed E-state index contributed by atoms with van der Waals surface area (Å²) in [7, 11) is 0. The van der Waals surface area contributed by atoms with Crippen molar-refractivity contribution < 1.29 is 23.5 Å². The number of carbonyl (C=O) groups excluding carboxylic acids is 3. The van der Waals surface area contributed by atoms with Gasteiger partial charge >= 0.3 is 5.97 Å². The summed E-state index contributed by atoms with van der Waals surface area (Å²) in [6.45, 7) is 5.21. The fourth-order valence-corrected chi connectivity index (χ4v) is 3.64. The van der Waals surface area contributed by atoms with Crippen LogP contribution in [0.25, 0.3) is 0 Å². The van der Waals surface area contributed by atoms with Gasteiger partial charge in [-0.05, 0) is 50.6 Å². The fourth-order valence-electron chi connectivity index (χ4n) is 3.64. The maximum atomic E-state index is 13.4. The number of amides is 2. The molecule has 0 saturated carbocycles. The lowest BCUT2D eigenvalue weighted by Gasteiger charge is -2.34. The molecule has 6 nitrogen and oxygen atoms in total. The second kappa shape index (κ2) is 9.55. The van der Waals surface area contributed by atoms with Crippen LogP contribution < -0.4 is 5.32 Å². The molecule has 0 saturated heterocycles. The van der Waals surface area contributed by atoms with Gasteiger partial charge in [0.2, 0.25) is 11.8 Å². The molecule has 1 unspecified atom stereocenters. The highest BCUT2D eigenvalue weighted by molar-refractivity contribution is 5.99. The van der Waals surface area contributed by atoms with Crippen LogP contribution in [-0.2, 0) is 19.1 Å². The predicted octanol–water partition coefficient (Wildman–Crippen LogP) is 3.93. The van der Waals surface area contributed by atoms with Gasteiger partial charge in [-0.3, -0.25) is 9.59 Å². The number of hydrogen-bond donors (Lipinski definition) is 1. The number of nitrogens with zero attached hydrogens (tertiary/aromatic N) is 1. The second-order valence-electron chi connectivity index (χ2n) is 7.42. The van der Waals surface area contributed by atoms with Gasteiger partial charge in [-0.15, -0.1) is 0 Å². The molecular formula is C24H25FN2O4. The molecule has 0 fully saturated rings. The zero-order valence-electron chi connectivity index (χ0n) is 17.8. The molecule has 31 heavy (non-hydrogen) atoms. The number of esters is 1. The molecule has 2 aromatic carbocycles. The van der Waals surface area contributed by atoms with E-state index >= 15 is 0 Å². The van der Waals surface area contributed by atoms with Gasteiger partial charge in [0.15, 0.2) is 0 Å². The third kappa shape index (κ3) is 5.17. The van der Waals surface area contributed by atoms with Gasteiger partial charge in [0, 0.05) is 23.7 Å². The second-order valence-corrected chi connectivity index (χ2v) is 7.42. The number of hydrogen-bond acceptors (Lipinski definition) is 4. The predicted molar refractivity (Wildman–Crippen MR) is 115 cm³/mol. The van der Waals surface area contributed by atoms with Crippen molar-refractivity contribution in [1.82, 2.24) is 4.90 Å². The van der Waals surface area contributed by atoms with Gasteiger partial charge in [-0.1, -0.05) is 29.8 Å². The van der Waals surface area contributed by atoms with E-state index < -0.39 is 17.7 Å². The highest BCUT2D eigenvalue weighted by atomic mass is 19.1. The maximum absolute atomic E-state index is 13.4. The van der Waals surface area contributed by atoms with Crippen LogP contribution in [0.5, 0.6) is 0 Å². The van der Waals surface area contributed by atoms with Crippen LogP contribution in [-0.4, -0.2) is 35.8 Å². The van der Waals surface area contributed by atoms with Crippen molar-refractivity contribution in [2.75, 3.05) is 18.5 Å². The molecule has 1 aliphatic rings. The minimum absolute atomic E-state index is 0.0189. The Balaban J connectivity index is 1.88. The molecule has 2 aromatic rings. The van der Waals surface area contributed by atoms with E-state index in [2.05, 4.69) is 5.32 Å². The van der Waals surface area contributed by atoms with E-state index in [1.807, 2.05) is 19.1 Å². The quantitative estimate of drug-likeness (QED) is 0.713. The van der Waals surface area contributed by atoms with Gasteiger partial charge in [0.1, 0.15) is 12.4 Å². The third-order valence-corrected chi connectivity index (χ3v) is 5.23. The van der Waals surface area contributed by atoms with Crippen molar-refractivity contribution >= 4 is 23.5 Å². The summed E-state index contributed by atoms with van der Waals surface area (Å²) in [5, 5.41) is 2.76. The Labute approximate surface area is 180 Å². The largest absolute Gasteiger partial charge is 0.463 e. The highest BCUT2D eigenvalue weighted by Gasteiger charge is 2.37. The molecule has 1 N–H and O–H groups in total. The third-order valence-electron chi connectivity index (χ3n) is 5.23. The zero-order chi connectivity index (χ0) is 22.5. The molecule has 1 aliphatic heterocycles. The number of halogens is 1. The van der Waals surface area contributed by atoms with E-state index in [0.717, 1.165) is 5.56 Å². The first-order chi connectivity index (χ1) is 14.8. The van der Waals surface area contributed by atoms with Crippen LogP contribution in [0.15, 0.2) is 59.8 Å². The van der Waals surface area contributed by atoms with Crippen molar-refractivity contribution in [2.24, 2.45) is 0 Å². The molecule has 3 rings (SSSR count). The lowest BCUT2D eigenvalue weighted by Crippen LogP contribution is -2.42. The van der Waals surface area contributed by atoms with Crippen molar-refractivity contribution in [3.8, 4) is 0 Å². The van der Waals surface area contributed by atoms with Gasteiger partial charge in [0.05, 0.1) is 12.2 Å². The molecule has 7 heteroatoms. The van der Waals surface area contributed by atoms with Gasteiger partial charge < -0.3 is 15.0 Å². The monoisotopic (exact) mass is 424 g/mol. The van der Waals surface area contributed by atoms with Crippen molar-refractivity contribution in [3.05, 3.63) is 76.7 Å². The highest BCUT2D eigenvalue weighted by Crippen LogP contribution is 2.37. The van der Waals surface area contributed by atoms with E-state index in [4.69, 9.17) is 4.74 Å². The van der Waals surface area contributed by atoms with Crippen molar-refractivity contribution in [1.29, 1.82) is 0 Å². The van der Waals surface area contributed by atoms with Crippen LogP contribution in [0.2, 0.25) is 0 Å². The summed E-state index contributed by atoms with van der Waals surface area (Å²) >= 11 is 0. The first-order valence-electron chi connectivity index (χ1n) is 10.1. The smallest absolute Gasteiger partial charge is 0.336 e. The van der Waals surface area contributed by atoms with Gasteiger partial charge in [0.25, 0.3) is 0 Å². The van der Waals surface area contributed by atoms with E-state index in [1.165, 1.54) is 17.0 Å². The molecule has 0 spiro atoms. The minimum Gasteiger partial charge on any atom is -0.463 e. The summed E-state index contributed by atoms with van der Waals surface area (Å²) in [4.78, 5) is 39.5. The number of allylic oxidation sites excluding steroid dienone is 1. The lowest BCUT2D eigenvalue weighted by atomic mass is 9.83. The topological polar surface area (TPSA) is 75.7 Å². The van der Waals surface area contributed by atoms with Crippen LogP contribution in [0.3, 0.4) is 0 Å². The molecule has 1 heterocycles. The molecule has 0 radical (unpaired) electrons. The summed E-state index contributed by atoms with van der Waals surface area (Å²) in [6.07, 6.45) is -0.0189.